The molecule has 0 saturated heterocycles. The minimum absolute atomic E-state index is 0.0395. The molecule has 1 aromatic carbocycles. The monoisotopic (exact) mass is 288 g/mol. The quantitative estimate of drug-likeness (QED) is 0.662. The Morgan fingerprint density at radius 1 is 1.25 bits per heavy atom. The van der Waals surface area contributed by atoms with Crippen LogP contribution in [0, 0.1) is 0 Å². The Hall–Kier alpha value is -2.22. The summed E-state index contributed by atoms with van der Waals surface area (Å²) in [5, 5.41) is 12.6. The van der Waals surface area contributed by atoms with Gasteiger partial charge in [-0.2, -0.15) is 0 Å². The second-order valence-electron chi connectivity index (χ2n) is 4.28. The number of hydrogen-bond donors (Lipinski definition) is 0. The maximum atomic E-state index is 12.2. The topological polar surface area (TPSA) is 78.5 Å². The van der Waals surface area contributed by atoms with Crippen LogP contribution in [0.3, 0.4) is 0 Å². The predicted molar refractivity (Wildman–Crippen MR) is 75.3 cm³/mol. The smallest absolute Gasteiger partial charge is 0.261 e. The van der Waals surface area contributed by atoms with E-state index in [0.717, 1.165) is 0 Å². The van der Waals surface area contributed by atoms with Crippen LogP contribution < -0.4 is 5.56 Å². The van der Waals surface area contributed by atoms with Crippen molar-refractivity contribution in [3.05, 3.63) is 40.4 Å². The highest BCUT2D eigenvalue weighted by Gasteiger charge is 2.10. The van der Waals surface area contributed by atoms with E-state index in [9.17, 15) is 4.79 Å². The van der Waals surface area contributed by atoms with Crippen LogP contribution >= 0.6 is 11.8 Å². The fourth-order valence-electron chi connectivity index (χ4n) is 1.87. The first kappa shape index (κ1) is 12.8. The van der Waals surface area contributed by atoms with Gasteiger partial charge in [-0.15, -0.1) is 5.10 Å². The van der Waals surface area contributed by atoms with E-state index in [-0.39, 0.29) is 5.56 Å². The fraction of sp³-hybridized carbons (Fsp3) is 0.250. The van der Waals surface area contributed by atoms with Gasteiger partial charge in [-0.3, -0.25) is 9.36 Å². The van der Waals surface area contributed by atoms with Crippen LogP contribution in [0.5, 0.6) is 0 Å². The molecule has 0 bridgehead atoms. The van der Waals surface area contributed by atoms with E-state index >= 15 is 0 Å². The molecular formula is C12H12N6OS. The molecular weight excluding hydrogens is 276 g/mol. The number of aryl methyl sites for hydroxylation is 1. The molecule has 0 amide bonds. The van der Waals surface area contributed by atoms with E-state index in [1.54, 1.807) is 29.4 Å². The normalized spacial score (nSPS) is 11.1. The van der Waals surface area contributed by atoms with Gasteiger partial charge in [0.2, 0.25) is 5.16 Å². The Kier molecular flexibility index (Phi) is 3.23. The van der Waals surface area contributed by atoms with Crippen molar-refractivity contribution < 1.29 is 0 Å². The summed E-state index contributed by atoms with van der Waals surface area (Å²) in [5.41, 5.74) is 0.671. The number of rotatable bonds is 3. The zero-order valence-corrected chi connectivity index (χ0v) is 11.8. The molecule has 0 unspecified atom stereocenters. The number of tetrazole rings is 1. The van der Waals surface area contributed by atoms with E-state index in [1.165, 1.54) is 11.8 Å². The van der Waals surface area contributed by atoms with Gasteiger partial charge in [-0.1, -0.05) is 23.9 Å². The fourth-order valence-corrected chi connectivity index (χ4v) is 2.70. The van der Waals surface area contributed by atoms with Gasteiger partial charge in [-0.25, -0.2) is 9.67 Å². The highest BCUT2D eigenvalue weighted by atomic mass is 32.2. The zero-order valence-electron chi connectivity index (χ0n) is 11.0. The van der Waals surface area contributed by atoms with Gasteiger partial charge >= 0.3 is 0 Å². The second-order valence-corrected chi connectivity index (χ2v) is 5.23. The van der Waals surface area contributed by atoms with Gasteiger partial charge in [0.05, 0.1) is 16.7 Å². The van der Waals surface area contributed by atoms with Crippen molar-refractivity contribution in [1.29, 1.82) is 0 Å². The highest BCUT2D eigenvalue weighted by molar-refractivity contribution is 7.98. The molecule has 0 radical (unpaired) electrons. The van der Waals surface area contributed by atoms with Crippen LogP contribution in [0.25, 0.3) is 10.9 Å². The molecule has 102 valence electrons. The van der Waals surface area contributed by atoms with Crippen molar-refractivity contribution in [3.8, 4) is 0 Å². The van der Waals surface area contributed by atoms with Crippen molar-refractivity contribution in [2.45, 2.75) is 10.9 Å². The van der Waals surface area contributed by atoms with Gasteiger partial charge in [0.25, 0.3) is 5.56 Å². The molecule has 2 heterocycles. The maximum Gasteiger partial charge on any atom is 0.261 e. The Labute approximate surface area is 118 Å². The van der Waals surface area contributed by atoms with Crippen molar-refractivity contribution in [2.75, 3.05) is 0 Å². The Morgan fingerprint density at radius 2 is 2.05 bits per heavy atom. The van der Waals surface area contributed by atoms with Crippen LogP contribution in [0.15, 0.2) is 34.2 Å². The van der Waals surface area contributed by atoms with Crippen molar-refractivity contribution >= 4 is 22.7 Å². The molecule has 20 heavy (non-hydrogen) atoms. The minimum atomic E-state index is -0.0395. The average molecular weight is 288 g/mol. The molecule has 0 fully saturated rings. The number of nitrogens with zero attached hydrogens (tertiary/aromatic N) is 6. The lowest BCUT2D eigenvalue weighted by molar-refractivity contribution is 0.664. The summed E-state index contributed by atoms with van der Waals surface area (Å²) in [7, 11) is 3.50. The van der Waals surface area contributed by atoms with Gasteiger partial charge in [-0.05, 0) is 22.6 Å². The summed E-state index contributed by atoms with van der Waals surface area (Å²) >= 11 is 1.44. The molecule has 0 aliphatic heterocycles. The Morgan fingerprint density at radius 3 is 2.80 bits per heavy atom. The molecule has 3 aromatic rings. The van der Waals surface area contributed by atoms with Crippen LogP contribution in [0.2, 0.25) is 0 Å². The zero-order chi connectivity index (χ0) is 14.1. The molecule has 3 rings (SSSR count). The van der Waals surface area contributed by atoms with E-state index in [0.29, 0.717) is 27.6 Å². The number of aromatic nitrogens is 6. The summed E-state index contributed by atoms with van der Waals surface area (Å²) in [6, 6.07) is 7.34. The molecule has 8 heteroatoms. The first-order valence-electron chi connectivity index (χ1n) is 5.96. The number of hydrogen-bond acceptors (Lipinski definition) is 6. The average Bonchev–Trinajstić information content (AvgIpc) is 2.87. The molecule has 7 nitrogen and oxygen atoms in total. The SMILES string of the molecule is Cn1nnnc1SCc1nc2ccccc2c(=O)n1C. The number of para-hydroxylation sites is 1. The van der Waals surface area contributed by atoms with Crippen LogP contribution in [0.1, 0.15) is 5.82 Å². The van der Waals surface area contributed by atoms with Gasteiger partial charge < -0.3 is 0 Å². The summed E-state index contributed by atoms with van der Waals surface area (Å²) in [5.74, 6) is 1.23. The third-order valence-electron chi connectivity index (χ3n) is 2.99. The Balaban J connectivity index is 1.98. The van der Waals surface area contributed by atoms with E-state index in [2.05, 4.69) is 20.5 Å². The molecule has 0 atom stereocenters. The van der Waals surface area contributed by atoms with Crippen molar-refractivity contribution in [3.63, 3.8) is 0 Å². The van der Waals surface area contributed by atoms with Gasteiger partial charge in [0.15, 0.2) is 0 Å². The lowest BCUT2D eigenvalue weighted by atomic mass is 10.2. The largest absolute Gasteiger partial charge is 0.299 e. The van der Waals surface area contributed by atoms with E-state index in [4.69, 9.17) is 0 Å². The molecule has 0 aliphatic carbocycles. The van der Waals surface area contributed by atoms with E-state index < -0.39 is 0 Å². The second kappa shape index (κ2) is 5.04. The highest BCUT2D eigenvalue weighted by Crippen LogP contribution is 2.18. The third kappa shape index (κ3) is 2.18. The first-order valence-corrected chi connectivity index (χ1v) is 6.95. The van der Waals surface area contributed by atoms with Crippen molar-refractivity contribution in [2.24, 2.45) is 14.1 Å². The molecule has 0 aliphatic rings. The van der Waals surface area contributed by atoms with Crippen LogP contribution in [0.4, 0.5) is 0 Å². The molecule has 0 spiro atoms. The lowest BCUT2D eigenvalue weighted by Crippen LogP contribution is -2.21. The van der Waals surface area contributed by atoms with Crippen LogP contribution in [-0.4, -0.2) is 29.8 Å². The summed E-state index contributed by atoms with van der Waals surface area (Å²) < 4.78 is 3.16. The minimum Gasteiger partial charge on any atom is -0.299 e. The van der Waals surface area contributed by atoms with Gasteiger partial charge in [0.1, 0.15) is 5.82 Å². The summed E-state index contributed by atoms with van der Waals surface area (Å²) in [6.07, 6.45) is 0. The molecule has 2 aromatic heterocycles. The number of thioether (sulfide) groups is 1. The van der Waals surface area contributed by atoms with Crippen LogP contribution in [-0.2, 0) is 19.8 Å². The van der Waals surface area contributed by atoms with Gasteiger partial charge in [0, 0.05) is 14.1 Å². The third-order valence-corrected chi connectivity index (χ3v) is 3.99. The molecule has 0 N–H and O–H groups in total. The lowest BCUT2D eigenvalue weighted by Gasteiger charge is -2.08. The number of benzene rings is 1. The Bertz CT molecular complexity index is 824. The van der Waals surface area contributed by atoms with E-state index in [1.807, 2.05) is 18.2 Å². The standard InChI is InChI=1S/C12H12N6OS/c1-17-10(7-20-12-14-15-16-18(12)2)13-9-6-4-3-5-8(9)11(17)19/h3-6H,7H2,1-2H3. The summed E-state index contributed by atoms with van der Waals surface area (Å²) in [6.45, 7) is 0. The number of fused-ring (bicyclic) bond motifs is 1. The van der Waals surface area contributed by atoms with Crippen molar-refractivity contribution in [1.82, 2.24) is 29.8 Å². The molecule has 0 saturated carbocycles. The maximum absolute atomic E-state index is 12.2. The first-order chi connectivity index (χ1) is 9.66. The predicted octanol–water partition coefficient (Wildman–Crippen LogP) is 0.749. The summed E-state index contributed by atoms with van der Waals surface area (Å²) in [4.78, 5) is 16.8.